The molecule has 0 atom stereocenters. The fourth-order valence-electron chi connectivity index (χ4n) is 1.82. The summed E-state index contributed by atoms with van der Waals surface area (Å²) in [4.78, 5) is 1.04. The Labute approximate surface area is 136 Å². The Balaban J connectivity index is 2.01. The second kappa shape index (κ2) is 8.48. The minimum absolute atomic E-state index is 0.308. The number of thiophene rings is 1. The van der Waals surface area contributed by atoms with Crippen molar-refractivity contribution < 1.29 is 13.9 Å². The maximum absolute atomic E-state index is 14.0. The second-order valence-electron chi connectivity index (χ2n) is 4.38. The highest BCUT2D eigenvalue weighted by Gasteiger charge is 2.11. The molecule has 6 heteroatoms. The van der Waals surface area contributed by atoms with Crippen LogP contribution in [0.15, 0.2) is 34.1 Å². The molecule has 0 aliphatic rings. The van der Waals surface area contributed by atoms with Crippen molar-refractivity contribution in [2.24, 2.45) is 0 Å². The molecule has 0 radical (unpaired) electrons. The molecule has 2 rings (SSSR count). The molecular formula is C15H17BrFNO2S. The van der Waals surface area contributed by atoms with Crippen molar-refractivity contribution in [1.82, 2.24) is 5.32 Å². The van der Waals surface area contributed by atoms with Gasteiger partial charge in [-0.25, -0.2) is 4.39 Å². The summed E-state index contributed by atoms with van der Waals surface area (Å²) in [5.74, 6) is -0.0311. The first-order valence-corrected chi connectivity index (χ1v) is 8.21. The van der Waals surface area contributed by atoms with E-state index < -0.39 is 0 Å². The molecule has 0 unspecified atom stereocenters. The van der Waals surface area contributed by atoms with Gasteiger partial charge in [-0.3, -0.25) is 0 Å². The second-order valence-corrected chi connectivity index (χ2v) is 6.23. The van der Waals surface area contributed by atoms with Crippen molar-refractivity contribution in [1.29, 1.82) is 0 Å². The Bertz CT molecular complexity index is 577. The Morgan fingerprint density at radius 1 is 1.33 bits per heavy atom. The maximum atomic E-state index is 14.0. The number of methoxy groups -OCH3 is 1. The van der Waals surface area contributed by atoms with E-state index in [0.717, 1.165) is 14.9 Å². The smallest absolute Gasteiger partial charge is 0.165 e. The Morgan fingerprint density at radius 3 is 2.90 bits per heavy atom. The SMILES string of the molecule is COCCNCc1cccc(F)c1OCc1sccc1Br. The first-order valence-electron chi connectivity index (χ1n) is 6.54. The number of rotatable bonds is 8. The van der Waals surface area contributed by atoms with E-state index in [1.165, 1.54) is 6.07 Å². The Kier molecular flexibility index (Phi) is 6.63. The number of ether oxygens (including phenoxy) is 2. The standard InChI is InChI=1S/C15H17BrFNO2S/c1-19-7-6-18-9-11-3-2-4-13(17)15(11)20-10-14-12(16)5-8-21-14/h2-5,8,18H,6-7,9-10H2,1H3. The van der Waals surface area contributed by atoms with Crippen molar-refractivity contribution in [3.05, 3.63) is 50.4 Å². The number of para-hydroxylation sites is 1. The highest BCUT2D eigenvalue weighted by atomic mass is 79.9. The quantitative estimate of drug-likeness (QED) is 0.710. The molecule has 0 aliphatic carbocycles. The fourth-order valence-corrected chi connectivity index (χ4v) is 3.20. The molecule has 0 spiro atoms. The van der Waals surface area contributed by atoms with Gasteiger partial charge in [-0.1, -0.05) is 12.1 Å². The van der Waals surface area contributed by atoms with Gasteiger partial charge in [0.25, 0.3) is 0 Å². The normalized spacial score (nSPS) is 10.8. The number of hydrogen-bond acceptors (Lipinski definition) is 4. The van der Waals surface area contributed by atoms with E-state index in [1.54, 1.807) is 24.5 Å². The number of nitrogens with one attached hydrogen (secondary N) is 1. The molecule has 114 valence electrons. The lowest BCUT2D eigenvalue weighted by Crippen LogP contribution is -2.19. The zero-order valence-corrected chi connectivity index (χ0v) is 14.1. The van der Waals surface area contributed by atoms with Crippen molar-refractivity contribution in [2.75, 3.05) is 20.3 Å². The average molecular weight is 374 g/mol. The molecule has 3 nitrogen and oxygen atoms in total. The number of halogens is 2. The van der Waals surface area contributed by atoms with Crippen molar-refractivity contribution >= 4 is 27.3 Å². The summed E-state index contributed by atoms with van der Waals surface area (Å²) < 4.78 is 25.6. The molecule has 1 heterocycles. The first-order chi connectivity index (χ1) is 10.2. The van der Waals surface area contributed by atoms with Crippen LogP contribution in [-0.2, 0) is 17.9 Å². The van der Waals surface area contributed by atoms with Crippen LogP contribution in [0.2, 0.25) is 0 Å². The summed E-state index contributed by atoms with van der Waals surface area (Å²) in [6.45, 7) is 2.23. The third-order valence-corrected chi connectivity index (χ3v) is 4.79. The lowest BCUT2D eigenvalue weighted by Gasteiger charge is -2.13. The van der Waals surface area contributed by atoms with Crippen LogP contribution >= 0.6 is 27.3 Å². The van der Waals surface area contributed by atoms with E-state index in [2.05, 4.69) is 21.2 Å². The van der Waals surface area contributed by atoms with Crippen LogP contribution in [0.4, 0.5) is 4.39 Å². The molecule has 0 saturated carbocycles. The van der Waals surface area contributed by atoms with E-state index in [1.807, 2.05) is 17.5 Å². The lowest BCUT2D eigenvalue weighted by atomic mass is 10.2. The van der Waals surface area contributed by atoms with Crippen LogP contribution in [0.3, 0.4) is 0 Å². The van der Waals surface area contributed by atoms with E-state index in [0.29, 0.717) is 32.1 Å². The van der Waals surface area contributed by atoms with E-state index in [9.17, 15) is 4.39 Å². The monoisotopic (exact) mass is 373 g/mol. The molecule has 21 heavy (non-hydrogen) atoms. The number of hydrogen-bond donors (Lipinski definition) is 1. The van der Waals surface area contributed by atoms with Gasteiger partial charge < -0.3 is 14.8 Å². The van der Waals surface area contributed by atoms with Gasteiger partial charge in [-0.15, -0.1) is 11.3 Å². The largest absolute Gasteiger partial charge is 0.485 e. The maximum Gasteiger partial charge on any atom is 0.165 e. The molecular weight excluding hydrogens is 357 g/mol. The van der Waals surface area contributed by atoms with Gasteiger partial charge >= 0.3 is 0 Å². The average Bonchev–Trinajstić information content (AvgIpc) is 2.88. The van der Waals surface area contributed by atoms with E-state index >= 15 is 0 Å². The molecule has 1 aromatic carbocycles. The van der Waals surface area contributed by atoms with Crippen LogP contribution in [0.1, 0.15) is 10.4 Å². The Morgan fingerprint density at radius 2 is 2.19 bits per heavy atom. The summed E-state index contributed by atoms with van der Waals surface area (Å²) in [6, 6.07) is 6.92. The van der Waals surface area contributed by atoms with Crippen LogP contribution in [0.5, 0.6) is 5.75 Å². The summed E-state index contributed by atoms with van der Waals surface area (Å²) in [5, 5.41) is 5.17. The molecule has 0 fully saturated rings. The zero-order valence-electron chi connectivity index (χ0n) is 11.7. The van der Waals surface area contributed by atoms with Crippen LogP contribution in [0.25, 0.3) is 0 Å². The van der Waals surface area contributed by atoms with Gasteiger partial charge in [0.2, 0.25) is 0 Å². The van der Waals surface area contributed by atoms with Gasteiger partial charge in [0.15, 0.2) is 11.6 Å². The molecule has 0 bridgehead atoms. The predicted octanol–water partition coefficient (Wildman–Crippen LogP) is 3.96. The van der Waals surface area contributed by atoms with Gasteiger partial charge in [-0.2, -0.15) is 0 Å². The van der Waals surface area contributed by atoms with E-state index in [4.69, 9.17) is 9.47 Å². The van der Waals surface area contributed by atoms with E-state index in [-0.39, 0.29) is 5.82 Å². The topological polar surface area (TPSA) is 30.5 Å². The minimum atomic E-state index is -0.339. The number of benzene rings is 1. The van der Waals surface area contributed by atoms with Crippen molar-refractivity contribution in [3.63, 3.8) is 0 Å². The van der Waals surface area contributed by atoms with Gasteiger partial charge in [0.05, 0.1) is 11.5 Å². The molecule has 0 amide bonds. The molecule has 0 aliphatic heterocycles. The fraction of sp³-hybridized carbons (Fsp3) is 0.333. The van der Waals surface area contributed by atoms with Crippen molar-refractivity contribution in [3.8, 4) is 5.75 Å². The molecule has 1 aromatic heterocycles. The van der Waals surface area contributed by atoms with Gasteiger partial charge in [-0.05, 0) is 33.4 Å². The minimum Gasteiger partial charge on any atom is -0.485 e. The molecule has 2 aromatic rings. The zero-order chi connectivity index (χ0) is 15.1. The molecule has 1 N–H and O–H groups in total. The third kappa shape index (κ3) is 4.78. The summed E-state index contributed by atoms with van der Waals surface area (Å²) in [5.41, 5.74) is 0.804. The van der Waals surface area contributed by atoms with Crippen LogP contribution in [0, 0.1) is 5.82 Å². The highest BCUT2D eigenvalue weighted by molar-refractivity contribution is 9.10. The third-order valence-electron chi connectivity index (χ3n) is 2.89. The highest BCUT2D eigenvalue weighted by Crippen LogP contribution is 2.27. The van der Waals surface area contributed by atoms with Crippen molar-refractivity contribution in [2.45, 2.75) is 13.2 Å². The first kappa shape index (κ1) is 16.4. The summed E-state index contributed by atoms with van der Waals surface area (Å²) in [6.07, 6.45) is 0. The van der Waals surface area contributed by atoms with Gasteiger partial charge in [0.1, 0.15) is 6.61 Å². The van der Waals surface area contributed by atoms with Gasteiger partial charge in [0, 0.05) is 30.2 Å². The lowest BCUT2D eigenvalue weighted by molar-refractivity contribution is 0.199. The summed E-state index contributed by atoms with van der Waals surface area (Å²) in [7, 11) is 1.65. The predicted molar refractivity (Wildman–Crippen MR) is 86.3 cm³/mol. The van der Waals surface area contributed by atoms with Crippen LogP contribution in [-0.4, -0.2) is 20.3 Å². The Hall–Kier alpha value is -0.950. The molecule has 0 saturated heterocycles. The van der Waals surface area contributed by atoms with Crippen LogP contribution < -0.4 is 10.1 Å². The summed E-state index contributed by atoms with van der Waals surface area (Å²) >= 11 is 5.02.